The minimum absolute atomic E-state index is 0.460. The third-order valence-corrected chi connectivity index (χ3v) is 3.78. The van der Waals surface area contributed by atoms with Crippen molar-refractivity contribution in [1.29, 1.82) is 0 Å². The van der Waals surface area contributed by atoms with Crippen molar-refractivity contribution in [3.63, 3.8) is 0 Å². The first-order valence-corrected chi connectivity index (χ1v) is 7.15. The van der Waals surface area contributed by atoms with Gasteiger partial charge in [0.1, 0.15) is 5.82 Å². The smallest absolute Gasteiger partial charge is 0.205 e. The van der Waals surface area contributed by atoms with E-state index >= 15 is 0 Å². The van der Waals surface area contributed by atoms with Crippen LogP contribution in [-0.4, -0.2) is 35.2 Å². The van der Waals surface area contributed by atoms with Crippen molar-refractivity contribution in [2.75, 3.05) is 24.7 Å². The highest BCUT2D eigenvalue weighted by Crippen LogP contribution is 2.25. The van der Waals surface area contributed by atoms with Gasteiger partial charge in [0.25, 0.3) is 0 Å². The summed E-state index contributed by atoms with van der Waals surface area (Å²) in [5.41, 5.74) is 0. The highest BCUT2D eigenvalue weighted by atomic mass is 32.1. The summed E-state index contributed by atoms with van der Waals surface area (Å²) >= 11 is 1.52. The summed E-state index contributed by atoms with van der Waals surface area (Å²) in [5, 5.41) is 1.07. The average molecular weight is 255 g/mol. The Bertz CT molecular complexity index is 353. The molecule has 96 valence electrons. The molecule has 0 spiro atoms. The first-order valence-electron chi connectivity index (χ1n) is 6.37. The van der Waals surface area contributed by atoms with Gasteiger partial charge in [-0.2, -0.15) is 4.37 Å². The van der Waals surface area contributed by atoms with Gasteiger partial charge in [-0.3, -0.25) is 0 Å². The fourth-order valence-corrected chi connectivity index (χ4v) is 3.00. The van der Waals surface area contributed by atoms with Crippen LogP contribution in [0.5, 0.6) is 0 Å². The van der Waals surface area contributed by atoms with Crippen LogP contribution in [0.4, 0.5) is 5.13 Å². The molecule has 0 bridgehead atoms. The van der Waals surface area contributed by atoms with E-state index in [-0.39, 0.29) is 0 Å². The van der Waals surface area contributed by atoms with E-state index in [9.17, 15) is 0 Å². The van der Waals surface area contributed by atoms with E-state index in [2.05, 4.69) is 35.0 Å². The minimum atomic E-state index is 0.460. The van der Waals surface area contributed by atoms with Crippen molar-refractivity contribution >= 4 is 16.7 Å². The Kier molecular flexibility index (Phi) is 4.34. The molecule has 0 saturated carbocycles. The Morgan fingerprint density at radius 2 is 2.35 bits per heavy atom. The van der Waals surface area contributed by atoms with Gasteiger partial charge in [-0.25, -0.2) is 4.98 Å². The Labute approximate surface area is 107 Å². The number of aromatic nitrogens is 2. The van der Waals surface area contributed by atoms with Gasteiger partial charge in [0.05, 0.1) is 19.3 Å². The maximum atomic E-state index is 5.58. The molecule has 1 aliphatic rings. The maximum absolute atomic E-state index is 5.58. The molecule has 1 saturated heterocycles. The number of morpholine rings is 1. The molecule has 0 radical (unpaired) electrons. The van der Waals surface area contributed by atoms with Gasteiger partial charge in [0, 0.05) is 24.5 Å². The Hall–Kier alpha value is -0.680. The molecule has 0 N–H and O–H groups in total. The number of anilines is 1. The van der Waals surface area contributed by atoms with Gasteiger partial charge in [-0.15, -0.1) is 0 Å². The third-order valence-electron chi connectivity index (χ3n) is 2.99. The molecule has 2 rings (SSSR count). The number of aryl methyl sites for hydroxylation is 1. The molecule has 1 fully saturated rings. The van der Waals surface area contributed by atoms with Gasteiger partial charge in [-0.05, 0) is 12.3 Å². The van der Waals surface area contributed by atoms with Crippen LogP contribution in [0.1, 0.15) is 33.0 Å². The molecule has 0 aliphatic carbocycles. The highest BCUT2D eigenvalue weighted by molar-refractivity contribution is 7.09. The van der Waals surface area contributed by atoms with E-state index in [1.165, 1.54) is 11.5 Å². The molecule has 4 nitrogen and oxygen atoms in total. The summed E-state index contributed by atoms with van der Waals surface area (Å²) < 4.78 is 9.95. The van der Waals surface area contributed by atoms with E-state index < -0.39 is 0 Å². The molecule has 1 atom stereocenters. The van der Waals surface area contributed by atoms with Gasteiger partial charge in [0.15, 0.2) is 0 Å². The zero-order chi connectivity index (χ0) is 12.3. The number of hydrogen-bond acceptors (Lipinski definition) is 5. The number of ether oxygens (including phenoxy) is 1. The summed E-state index contributed by atoms with van der Waals surface area (Å²) in [5.74, 6) is 1.64. The molecule has 0 aromatic carbocycles. The van der Waals surface area contributed by atoms with E-state index in [0.29, 0.717) is 12.0 Å². The van der Waals surface area contributed by atoms with E-state index in [1.54, 1.807) is 0 Å². The lowest BCUT2D eigenvalue weighted by Crippen LogP contribution is -2.46. The summed E-state index contributed by atoms with van der Waals surface area (Å²) in [6.07, 6.45) is 2.07. The van der Waals surface area contributed by atoms with Crippen LogP contribution in [-0.2, 0) is 11.2 Å². The summed E-state index contributed by atoms with van der Waals surface area (Å²) in [6.45, 7) is 9.16. The fraction of sp³-hybridized carbons (Fsp3) is 0.833. The topological polar surface area (TPSA) is 38.2 Å². The predicted octanol–water partition coefficient (Wildman–Crippen LogP) is 2.35. The van der Waals surface area contributed by atoms with Crippen LogP contribution in [0, 0.1) is 5.92 Å². The van der Waals surface area contributed by atoms with Crippen LogP contribution in [0.3, 0.4) is 0 Å². The zero-order valence-electron chi connectivity index (χ0n) is 10.8. The minimum Gasteiger partial charge on any atom is -0.377 e. The lowest BCUT2D eigenvalue weighted by atomic mass is 10.0. The van der Waals surface area contributed by atoms with Gasteiger partial charge in [-0.1, -0.05) is 20.8 Å². The second kappa shape index (κ2) is 5.78. The molecule has 17 heavy (non-hydrogen) atoms. The quantitative estimate of drug-likeness (QED) is 0.828. The number of hydrogen-bond donors (Lipinski definition) is 0. The van der Waals surface area contributed by atoms with Crippen molar-refractivity contribution in [1.82, 2.24) is 9.36 Å². The summed E-state index contributed by atoms with van der Waals surface area (Å²) in [4.78, 5) is 6.96. The summed E-state index contributed by atoms with van der Waals surface area (Å²) in [7, 11) is 0. The Morgan fingerprint density at radius 1 is 1.53 bits per heavy atom. The molecular formula is C12H21N3OS. The van der Waals surface area contributed by atoms with Crippen molar-refractivity contribution in [2.24, 2.45) is 5.92 Å². The van der Waals surface area contributed by atoms with E-state index in [4.69, 9.17) is 4.74 Å². The summed E-state index contributed by atoms with van der Waals surface area (Å²) in [6, 6.07) is 0.460. The lowest BCUT2D eigenvalue weighted by Gasteiger charge is -2.36. The maximum Gasteiger partial charge on any atom is 0.205 e. The van der Waals surface area contributed by atoms with E-state index in [0.717, 1.165) is 43.6 Å². The van der Waals surface area contributed by atoms with Crippen LogP contribution in [0.25, 0.3) is 0 Å². The Morgan fingerprint density at radius 3 is 3.00 bits per heavy atom. The molecule has 2 heterocycles. The first kappa shape index (κ1) is 12.8. The SMILES string of the molecule is CCc1nsc(N2CCOCC2CC(C)C)n1. The molecule has 0 amide bonds. The highest BCUT2D eigenvalue weighted by Gasteiger charge is 2.26. The van der Waals surface area contributed by atoms with Crippen LogP contribution < -0.4 is 4.90 Å². The van der Waals surface area contributed by atoms with Crippen molar-refractivity contribution in [2.45, 2.75) is 39.7 Å². The average Bonchev–Trinajstić information content (AvgIpc) is 2.77. The Balaban J connectivity index is 2.09. The molecular weight excluding hydrogens is 234 g/mol. The van der Waals surface area contributed by atoms with Gasteiger partial charge in [0.2, 0.25) is 5.13 Å². The predicted molar refractivity (Wildman–Crippen MR) is 70.7 cm³/mol. The zero-order valence-corrected chi connectivity index (χ0v) is 11.7. The third kappa shape index (κ3) is 3.16. The number of rotatable bonds is 4. The van der Waals surface area contributed by atoms with Crippen molar-refractivity contribution in [3.05, 3.63) is 5.82 Å². The lowest BCUT2D eigenvalue weighted by molar-refractivity contribution is 0.0877. The van der Waals surface area contributed by atoms with Crippen LogP contribution >= 0.6 is 11.5 Å². The molecule has 1 aliphatic heterocycles. The second-order valence-electron chi connectivity index (χ2n) is 4.90. The molecule has 5 heteroatoms. The van der Waals surface area contributed by atoms with Crippen molar-refractivity contribution < 1.29 is 4.74 Å². The molecule has 1 aromatic heterocycles. The van der Waals surface area contributed by atoms with Gasteiger partial charge < -0.3 is 9.64 Å². The largest absolute Gasteiger partial charge is 0.377 e. The van der Waals surface area contributed by atoms with Crippen LogP contribution in [0.15, 0.2) is 0 Å². The standard InChI is InChI=1S/C12H21N3OS/c1-4-11-13-12(17-14-11)15-5-6-16-8-10(15)7-9(2)3/h9-10H,4-8H2,1-3H3. The van der Waals surface area contributed by atoms with Gasteiger partial charge >= 0.3 is 0 Å². The molecule has 1 unspecified atom stereocenters. The second-order valence-corrected chi connectivity index (χ2v) is 5.63. The number of nitrogens with zero attached hydrogens (tertiary/aromatic N) is 3. The van der Waals surface area contributed by atoms with Crippen molar-refractivity contribution in [3.8, 4) is 0 Å². The van der Waals surface area contributed by atoms with Crippen LogP contribution in [0.2, 0.25) is 0 Å². The van der Waals surface area contributed by atoms with E-state index in [1.807, 2.05) is 0 Å². The normalized spacial score (nSPS) is 21.2. The first-order chi connectivity index (χ1) is 8.20. The molecule has 1 aromatic rings. The fourth-order valence-electron chi connectivity index (χ4n) is 2.15. The monoisotopic (exact) mass is 255 g/mol.